The maximum absolute atomic E-state index is 10.9. The van der Waals surface area contributed by atoms with Gasteiger partial charge in [-0.2, -0.15) is 26.3 Å². The summed E-state index contributed by atoms with van der Waals surface area (Å²) >= 11 is 0. The summed E-state index contributed by atoms with van der Waals surface area (Å²) in [6.45, 7) is 0. The van der Waals surface area contributed by atoms with Crippen LogP contribution in [-0.2, 0) is 19.6 Å². The summed E-state index contributed by atoms with van der Waals surface area (Å²) < 4.78 is 85.2. The van der Waals surface area contributed by atoms with Crippen LogP contribution in [-0.4, -0.2) is 54.0 Å². The molecule has 0 amide bonds. The molecule has 0 heterocycles. The van der Waals surface area contributed by atoms with E-state index in [2.05, 4.69) is 0 Å². The number of hydrogen-bond acceptors (Lipinski definition) is 5. The van der Waals surface area contributed by atoms with Gasteiger partial charge >= 0.3 is 30.3 Å². The van der Waals surface area contributed by atoms with Crippen LogP contribution in [0.25, 0.3) is 0 Å². The van der Waals surface area contributed by atoms with Crippen molar-refractivity contribution in [2.75, 3.05) is 0 Å². The van der Waals surface area contributed by atoms with E-state index in [1.165, 1.54) is 18.2 Å². The Bertz CT molecular complexity index is 763. The molecule has 0 aliphatic heterocycles. The lowest BCUT2D eigenvalue weighted by Crippen LogP contribution is -2.21. The van der Waals surface area contributed by atoms with E-state index in [-0.39, 0.29) is 10.5 Å². The van der Waals surface area contributed by atoms with Gasteiger partial charge in [0.1, 0.15) is 0 Å². The summed E-state index contributed by atoms with van der Waals surface area (Å²) in [6.07, 6.45) is -10.2. The molecule has 0 radical (unpaired) electrons. The van der Waals surface area contributed by atoms with Gasteiger partial charge in [0.25, 0.3) is 0 Å². The Balaban J connectivity index is 0. The largest absolute Gasteiger partial charge is 0.490 e. The standard InChI is InChI=1S/C7H7NO4S.2C2HF3O2/c8-13(11,12)6-4-2-1-3-5(6)7(9)10;2*3-2(4,5)1(6)7/h1-4H,(H,9,10)(H2,8,11,12);2*(H,6,7). The van der Waals surface area contributed by atoms with Crippen LogP contribution in [0.2, 0.25) is 0 Å². The third kappa shape index (κ3) is 11.4. The monoisotopic (exact) mass is 429 g/mol. The fraction of sp³-hybridized carbons (Fsp3) is 0.182. The normalized spacial score (nSPS) is 11.2. The SMILES string of the molecule is NS(=O)(=O)c1ccccc1C(=O)O.O=C(O)C(F)(F)F.O=C(O)C(F)(F)F. The quantitative estimate of drug-likeness (QED) is 0.509. The van der Waals surface area contributed by atoms with Crippen LogP contribution in [0.1, 0.15) is 10.4 Å². The first-order chi connectivity index (χ1) is 11.8. The van der Waals surface area contributed by atoms with Crippen molar-refractivity contribution in [3.05, 3.63) is 29.8 Å². The molecule has 0 aromatic heterocycles. The third-order valence-corrected chi connectivity index (χ3v) is 2.88. The molecule has 1 rings (SSSR count). The zero-order chi connectivity index (χ0) is 22.2. The molecule has 27 heavy (non-hydrogen) atoms. The number of rotatable bonds is 2. The van der Waals surface area contributed by atoms with Crippen molar-refractivity contribution < 1.29 is 64.5 Å². The highest BCUT2D eigenvalue weighted by Gasteiger charge is 2.38. The molecular weight excluding hydrogens is 420 g/mol. The fourth-order valence-electron chi connectivity index (χ4n) is 0.891. The highest BCUT2D eigenvalue weighted by atomic mass is 32.2. The Morgan fingerprint density at radius 1 is 0.815 bits per heavy atom. The number of aromatic carboxylic acids is 1. The van der Waals surface area contributed by atoms with Crippen molar-refractivity contribution >= 4 is 27.9 Å². The number of halogens is 6. The number of sulfonamides is 1. The molecule has 0 aliphatic rings. The van der Waals surface area contributed by atoms with Crippen LogP contribution < -0.4 is 5.14 Å². The van der Waals surface area contributed by atoms with Crippen LogP contribution in [0, 0.1) is 0 Å². The fourth-order valence-corrected chi connectivity index (χ4v) is 1.62. The van der Waals surface area contributed by atoms with Crippen molar-refractivity contribution in [3.8, 4) is 0 Å². The molecule has 0 saturated heterocycles. The average Bonchev–Trinajstić information content (AvgIpc) is 2.45. The maximum atomic E-state index is 10.9. The topological polar surface area (TPSA) is 172 Å². The smallest absolute Gasteiger partial charge is 0.478 e. The molecule has 0 fully saturated rings. The number of aliphatic carboxylic acids is 2. The highest BCUT2D eigenvalue weighted by Crippen LogP contribution is 2.14. The summed E-state index contributed by atoms with van der Waals surface area (Å²) in [5.74, 6) is -6.83. The summed E-state index contributed by atoms with van der Waals surface area (Å²) in [6, 6.07) is 5.17. The molecule has 16 heteroatoms. The molecule has 1 aromatic carbocycles. The second kappa shape index (κ2) is 9.72. The van der Waals surface area contributed by atoms with E-state index in [0.29, 0.717) is 0 Å². The molecule has 0 saturated carbocycles. The first kappa shape index (κ1) is 26.4. The van der Waals surface area contributed by atoms with Crippen LogP contribution in [0.4, 0.5) is 26.3 Å². The molecule has 0 atom stereocenters. The molecule has 5 N–H and O–H groups in total. The predicted octanol–water partition coefficient (Wildman–Crippen LogP) is 1.30. The van der Waals surface area contributed by atoms with Gasteiger partial charge in [-0.1, -0.05) is 12.1 Å². The molecule has 9 nitrogen and oxygen atoms in total. The number of carboxylic acid groups (broad SMARTS) is 3. The lowest BCUT2D eigenvalue weighted by molar-refractivity contribution is -0.193. The maximum Gasteiger partial charge on any atom is 0.490 e. The van der Waals surface area contributed by atoms with Gasteiger partial charge in [-0.05, 0) is 12.1 Å². The van der Waals surface area contributed by atoms with E-state index in [1.54, 1.807) is 0 Å². The van der Waals surface area contributed by atoms with Crippen LogP contribution >= 0.6 is 0 Å². The molecule has 154 valence electrons. The van der Waals surface area contributed by atoms with E-state index in [1.807, 2.05) is 0 Å². The number of benzene rings is 1. The number of nitrogens with two attached hydrogens (primary N) is 1. The van der Waals surface area contributed by atoms with Gasteiger partial charge in [0.15, 0.2) is 0 Å². The molecule has 0 aliphatic carbocycles. The average molecular weight is 429 g/mol. The number of hydrogen-bond donors (Lipinski definition) is 4. The predicted molar refractivity (Wildman–Crippen MR) is 72.2 cm³/mol. The molecule has 0 bridgehead atoms. The minimum atomic E-state index is -5.08. The second-order valence-electron chi connectivity index (χ2n) is 3.95. The Kier molecular flexibility index (Phi) is 9.48. The molecule has 0 unspecified atom stereocenters. The first-order valence-electron chi connectivity index (χ1n) is 5.77. The van der Waals surface area contributed by atoms with Crippen molar-refractivity contribution in [1.82, 2.24) is 0 Å². The van der Waals surface area contributed by atoms with Gasteiger partial charge in [0.05, 0.1) is 10.5 Å². The van der Waals surface area contributed by atoms with Crippen LogP contribution in [0.5, 0.6) is 0 Å². The second-order valence-corrected chi connectivity index (χ2v) is 5.48. The van der Waals surface area contributed by atoms with E-state index < -0.39 is 40.3 Å². The number of primary sulfonamides is 1. The van der Waals surface area contributed by atoms with E-state index in [4.69, 9.17) is 30.0 Å². The van der Waals surface area contributed by atoms with Gasteiger partial charge in [-0.15, -0.1) is 0 Å². The lowest BCUT2D eigenvalue weighted by Gasteiger charge is -2.01. The number of alkyl halides is 6. The van der Waals surface area contributed by atoms with Crippen LogP contribution in [0.15, 0.2) is 29.2 Å². The van der Waals surface area contributed by atoms with E-state index in [0.717, 1.165) is 6.07 Å². The Labute approximate surface area is 145 Å². The van der Waals surface area contributed by atoms with Gasteiger partial charge < -0.3 is 15.3 Å². The van der Waals surface area contributed by atoms with Crippen LogP contribution in [0.3, 0.4) is 0 Å². The van der Waals surface area contributed by atoms with Crippen molar-refractivity contribution in [3.63, 3.8) is 0 Å². The Morgan fingerprint density at radius 3 is 1.30 bits per heavy atom. The van der Waals surface area contributed by atoms with Crippen molar-refractivity contribution in [2.24, 2.45) is 5.14 Å². The highest BCUT2D eigenvalue weighted by molar-refractivity contribution is 7.89. The third-order valence-electron chi connectivity index (χ3n) is 1.91. The summed E-state index contributed by atoms with van der Waals surface area (Å²) in [5, 5.41) is 27.7. The number of carbonyl (C=O) groups is 3. The molecular formula is C11H9F6NO8S. The van der Waals surface area contributed by atoms with Crippen molar-refractivity contribution in [1.29, 1.82) is 0 Å². The molecule has 1 aromatic rings. The summed E-state index contributed by atoms with van der Waals surface area (Å²) in [4.78, 5) is 28.0. The Hall–Kier alpha value is -2.88. The van der Waals surface area contributed by atoms with Crippen molar-refractivity contribution in [2.45, 2.75) is 17.2 Å². The van der Waals surface area contributed by atoms with Gasteiger partial charge in [-0.25, -0.2) is 27.9 Å². The minimum absolute atomic E-state index is 0.315. The van der Waals surface area contributed by atoms with Gasteiger partial charge in [0.2, 0.25) is 10.0 Å². The molecule has 0 spiro atoms. The summed E-state index contributed by atoms with van der Waals surface area (Å²) in [5.41, 5.74) is -0.315. The van der Waals surface area contributed by atoms with E-state index in [9.17, 15) is 39.6 Å². The summed E-state index contributed by atoms with van der Waals surface area (Å²) in [7, 11) is -3.96. The first-order valence-corrected chi connectivity index (χ1v) is 7.31. The van der Waals surface area contributed by atoms with E-state index >= 15 is 0 Å². The van der Waals surface area contributed by atoms with Gasteiger partial charge in [-0.3, -0.25) is 0 Å². The Morgan fingerprint density at radius 2 is 1.11 bits per heavy atom. The zero-order valence-corrected chi connectivity index (χ0v) is 13.3. The lowest BCUT2D eigenvalue weighted by atomic mass is 10.2. The number of carboxylic acids is 3. The van der Waals surface area contributed by atoms with Gasteiger partial charge in [0, 0.05) is 0 Å². The zero-order valence-electron chi connectivity index (χ0n) is 12.4. The minimum Gasteiger partial charge on any atom is -0.478 e.